The highest BCUT2D eigenvalue weighted by atomic mass is 32.1. The van der Waals surface area contributed by atoms with E-state index >= 15 is 0 Å². The van der Waals surface area contributed by atoms with Crippen molar-refractivity contribution in [1.82, 2.24) is 4.37 Å². The van der Waals surface area contributed by atoms with E-state index in [9.17, 15) is 14.9 Å². The Morgan fingerprint density at radius 1 is 1.06 bits per heavy atom. The Morgan fingerprint density at radius 2 is 1.68 bits per heavy atom. The first-order valence-electron chi connectivity index (χ1n) is 11.3. The standard InChI is InChI=1S/C24H31N5O4S/c1-5-7-22(30)32-13-11-29(12-14-33-23(31)8-6-2)19-9-10-21(17(3)15-19)26-27-24-20(16-25)18(4)28-34-24/h9-10,15H,5-8,11-14H2,1-4H3. The first-order chi connectivity index (χ1) is 16.4. The molecule has 0 fully saturated rings. The number of nitrogens with zero attached hydrogens (tertiary/aromatic N) is 5. The summed E-state index contributed by atoms with van der Waals surface area (Å²) < 4.78 is 14.8. The second kappa shape index (κ2) is 14.1. The second-order valence-electron chi connectivity index (χ2n) is 7.66. The zero-order chi connectivity index (χ0) is 24.9. The van der Waals surface area contributed by atoms with Crippen LogP contribution < -0.4 is 4.90 Å². The summed E-state index contributed by atoms with van der Waals surface area (Å²) in [6, 6.07) is 7.80. The largest absolute Gasteiger partial charge is 0.464 e. The van der Waals surface area contributed by atoms with Crippen molar-refractivity contribution in [2.24, 2.45) is 10.2 Å². The van der Waals surface area contributed by atoms with Crippen LogP contribution in [0.4, 0.5) is 16.4 Å². The fraction of sp³-hybridized carbons (Fsp3) is 0.500. The molecular formula is C24H31N5O4S. The van der Waals surface area contributed by atoms with E-state index in [4.69, 9.17) is 9.47 Å². The van der Waals surface area contributed by atoms with Crippen molar-refractivity contribution >= 4 is 39.8 Å². The van der Waals surface area contributed by atoms with Crippen LogP contribution in [0.2, 0.25) is 0 Å². The number of rotatable bonds is 13. The summed E-state index contributed by atoms with van der Waals surface area (Å²) in [5.41, 5.74) is 3.52. The number of nitriles is 1. The number of azo groups is 1. The van der Waals surface area contributed by atoms with Crippen molar-refractivity contribution in [1.29, 1.82) is 5.26 Å². The van der Waals surface area contributed by atoms with Gasteiger partial charge >= 0.3 is 11.9 Å². The van der Waals surface area contributed by atoms with Gasteiger partial charge in [-0.3, -0.25) is 9.59 Å². The first-order valence-corrected chi connectivity index (χ1v) is 12.1. The van der Waals surface area contributed by atoms with Crippen LogP contribution in [0, 0.1) is 25.2 Å². The molecule has 2 rings (SSSR count). The molecule has 2 aromatic rings. The van der Waals surface area contributed by atoms with Crippen molar-refractivity contribution in [2.75, 3.05) is 31.2 Å². The van der Waals surface area contributed by atoms with Crippen molar-refractivity contribution in [2.45, 2.75) is 53.4 Å². The molecule has 34 heavy (non-hydrogen) atoms. The summed E-state index contributed by atoms with van der Waals surface area (Å²) >= 11 is 1.14. The summed E-state index contributed by atoms with van der Waals surface area (Å²) in [4.78, 5) is 25.4. The molecule has 0 saturated heterocycles. The summed E-state index contributed by atoms with van der Waals surface area (Å²) in [6.07, 6.45) is 2.25. The van der Waals surface area contributed by atoms with E-state index in [0.29, 0.717) is 47.9 Å². The highest BCUT2D eigenvalue weighted by Gasteiger charge is 2.13. The van der Waals surface area contributed by atoms with Gasteiger partial charge in [-0.25, -0.2) is 0 Å². The number of carbonyl (C=O) groups excluding carboxylic acids is 2. The smallest absolute Gasteiger partial charge is 0.305 e. The summed E-state index contributed by atoms with van der Waals surface area (Å²) in [5, 5.41) is 18.2. The van der Waals surface area contributed by atoms with E-state index in [0.717, 1.165) is 35.6 Å². The summed E-state index contributed by atoms with van der Waals surface area (Å²) in [6.45, 7) is 8.95. The number of aryl methyl sites for hydroxylation is 2. The molecule has 10 heteroatoms. The number of ether oxygens (including phenoxy) is 2. The Kier molecular flexibility index (Phi) is 11.1. The van der Waals surface area contributed by atoms with Gasteiger partial charge in [0.1, 0.15) is 24.8 Å². The third-order valence-electron chi connectivity index (χ3n) is 4.91. The molecule has 0 aliphatic carbocycles. The van der Waals surface area contributed by atoms with Crippen LogP contribution in [0.3, 0.4) is 0 Å². The van der Waals surface area contributed by atoms with Crippen LogP contribution in [0.15, 0.2) is 28.4 Å². The number of anilines is 1. The van der Waals surface area contributed by atoms with Crippen molar-refractivity contribution in [3.8, 4) is 6.07 Å². The molecule has 0 aliphatic heterocycles. The van der Waals surface area contributed by atoms with Gasteiger partial charge in [-0.05, 0) is 62.0 Å². The van der Waals surface area contributed by atoms with Crippen LogP contribution in [-0.4, -0.2) is 42.6 Å². The molecule has 0 bridgehead atoms. The highest BCUT2D eigenvalue weighted by molar-refractivity contribution is 7.10. The van der Waals surface area contributed by atoms with E-state index in [-0.39, 0.29) is 25.2 Å². The molecule has 1 aromatic heterocycles. The molecule has 0 amide bonds. The number of esters is 2. The highest BCUT2D eigenvalue weighted by Crippen LogP contribution is 2.31. The average Bonchev–Trinajstić information content (AvgIpc) is 3.16. The number of hydrogen-bond donors (Lipinski definition) is 0. The topological polar surface area (TPSA) is 117 Å². The van der Waals surface area contributed by atoms with E-state index < -0.39 is 0 Å². The number of hydrogen-bond acceptors (Lipinski definition) is 10. The zero-order valence-corrected chi connectivity index (χ0v) is 21.0. The van der Waals surface area contributed by atoms with Crippen LogP contribution in [0.5, 0.6) is 0 Å². The van der Waals surface area contributed by atoms with Crippen LogP contribution in [0.25, 0.3) is 0 Å². The molecule has 1 heterocycles. The lowest BCUT2D eigenvalue weighted by Gasteiger charge is -2.25. The predicted octanol–water partition coefficient (Wildman–Crippen LogP) is 5.54. The maximum atomic E-state index is 11.7. The molecule has 0 radical (unpaired) electrons. The average molecular weight is 486 g/mol. The molecular weight excluding hydrogens is 454 g/mol. The van der Waals surface area contributed by atoms with Crippen molar-refractivity contribution in [3.05, 3.63) is 35.0 Å². The van der Waals surface area contributed by atoms with Gasteiger partial charge in [0.2, 0.25) is 0 Å². The lowest BCUT2D eigenvalue weighted by atomic mass is 10.1. The monoisotopic (exact) mass is 485 g/mol. The minimum absolute atomic E-state index is 0.223. The van der Waals surface area contributed by atoms with Crippen molar-refractivity contribution < 1.29 is 19.1 Å². The first kappa shape index (κ1) is 26.9. The Balaban J connectivity index is 2.12. The normalized spacial score (nSPS) is 10.8. The lowest BCUT2D eigenvalue weighted by molar-refractivity contribution is -0.143. The fourth-order valence-corrected chi connectivity index (χ4v) is 3.74. The minimum atomic E-state index is -0.223. The molecule has 182 valence electrons. The summed E-state index contributed by atoms with van der Waals surface area (Å²) in [7, 11) is 0. The second-order valence-corrected chi connectivity index (χ2v) is 8.41. The Bertz CT molecular complexity index is 1020. The summed E-state index contributed by atoms with van der Waals surface area (Å²) in [5.74, 6) is -0.447. The van der Waals surface area contributed by atoms with Crippen LogP contribution in [-0.2, 0) is 19.1 Å². The van der Waals surface area contributed by atoms with Gasteiger partial charge in [-0.1, -0.05) is 13.8 Å². The maximum absolute atomic E-state index is 11.7. The predicted molar refractivity (Wildman–Crippen MR) is 131 cm³/mol. The molecule has 0 atom stereocenters. The van der Waals surface area contributed by atoms with Crippen LogP contribution >= 0.6 is 11.5 Å². The quantitative estimate of drug-likeness (QED) is 0.270. The van der Waals surface area contributed by atoms with Crippen molar-refractivity contribution in [3.63, 3.8) is 0 Å². The minimum Gasteiger partial charge on any atom is -0.464 e. The SMILES string of the molecule is CCCC(=O)OCCN(CCOC(=O)CCC)c1ccc(N=Nc2snc(C)c2C#N)c(C)c1. The Hall–Kier alpha value is -3.32. The molecule has 0 unspecified atom stereocenters. The van der Waals surface area contributed by atoms with E-state index in [1.54, 1.807) is 6.92 Å². The van der Waals surface area contributed by atoms with Gasteiger partial charge in [-0.15, -0.1) is 10.2 Å². The van der Waals surface area contributed by atoms with Gasteiger partial charge in [0, 0.05) is 18.5 Å². The number of carbonyl (C=O) groups is 2. The number of benzene rings is 1. The molecule has 0 saturated carbocycles. The lowest BCUT2D eigenvalue weighted by Crippen LogP contribution is -2.32. The molecule has 9 nitrogen and oxygen atoms in total. The number of aromatic nitrogens is 1. The fourth-order valence-electron chi connectivity index (χ4n) is 3.06. The van der Waals surface area contributed by atoms with Gasteiger partial charge in [0.15, 0.2) is 5.00 Å². The molecule has 0 N–H and O–H groups in total. The maximum Gasteiger partial charge on any atom is 0.305 e. The van der Waals surface area contributed by atoms with Gasteiger partial charge in [0.05, 0.1) is 24.5 Å². The third kappa shape index (κ3) is 8.23. The van der Waals surface area contributed by atoms with E-state index in [1.807, 2.05) is 43.9 Å². The Labute approximate surface area is 204 Å². The molecule has 1 aromatic carbocycles. The van der Waals surface area contributed by atoms with Gasteiger partial charge in [0.25, 0.3) is 0 Å². The molecule has 0 spiro atoms. The van der Waals surface area contributed by atoms with E-state index in [1.165, 1.54) is 0 Å². The van der Waals surface area contributed by atoms with Gasteiger partial charge < -0.3 is 14.4 Å². The van der Waals surface area contributed by atoms with E-state index in [2.05, 4.69) is 20.7 Å². The third-order valence-corrected chi connectivity index (χ3v) is 5.73. The Morgan fingerprint density at radius 3 is 2.21 bits per heavy atom. The van der Waals surface area contributed by atoms with Crippen LogP contribution in [0.1, 0.15) is 56.4 Å². The zero-order valence-electron chi connectivity index (χ0n) is 20.2. The molecule has 0 aliphatic rings. The van der Waals surface area contributed by atoms with Gasteiger partial charge in [-0.2, -0.15) is 9.64 Å².